The normalized spacial score (nSPS) is 14.9. The van der Waals surface area contributed by atoms with Gasteiger partial charge in [0.15, 0.2) is 0 Å². The molecule has 2 N–H and O–H groups in total. The summed E-state index contributed by atoms with van der Waals surface area (Å²) in [6, 6.07) is 8.12. The molecule has 90 valence electrons. The van der Waals surface area contributed by atoms with Crippen LogP contribution in [0.25, 0.3) is 0 Å². The smallest absolute Gasteiger partial charge is 0.119 e. The second kappa shape index (κ2) is 5.35. The van der Waals surface area contributed by atoms with Crippen molar-refractivity contribution in [2.24, 2.45) is 11.7 Å². The summed E-state index contributed by atoms with van der Waals surface area (Å²) in [5, 5.41) is 0. The molecule has 0 aliphatic carbocycles. The van der Waals surface area contributed by atoms with Crippen LogP contribution in [0.5, 0.6) is 5.75 Å². The third kappa shape index (κ3) is 2.99. The predicted octanol–water partition coefficient (Wildman–Crippen LogP) is 3.31. The molecule has 1 rings (SSSR count). The molecule has 0 saturated carbocycles. The zero-order valence-corrected chi connectivity index (χ0v) is 10.8. The molecule has 0 aromatic heterocycles. The zero-order valence-electron chi connectivity index (χ0n) is 10.8. The number of hydrogen-bond acceptors (Lipinski definition) is 2. The summed E-state index contributed by atoms with van der Waals surface area (Å²) in [4.78, 5) is 0. The molecule has 16 heavy (non-hydrogen) atoms. The van der Waals surface area contributed by atoms with Crippen LogP contribution in [0.1, 0.15) is 39.7 Å². The quantitative estimate of drug-likeness (QED) is 0.828. The van der Waals surface area contributed by atoms with E-state index in [1.807, 2.05) is 12.1 Å². The van der Waals surface area contributed by atoms with E-state index < -0.39 is 0 Å². The van der Waals surface area contributed by atoms with Gasteiger partial charge in [-0.3, -0.25) is 0 Å². The SMILES string of the molecule is CCCOc1ccc(C(C)(N)C(C)C)cc1. The van der Waals surface area contributed by atoms with Crippen LogP contribution in [0.15, 0.2) is 24.3 Å². The van der Waals surface area contributed by atoms with Crippen molar-refractivity contribution in [1.82, 2.24) is 0 Å². The molecule has 0 spiro atoms. The average Bonchev–Trinajstić information content (AvgIpc) is 2.26. The minimum Gasteiger partial charge on any atom is -0.494 e. The molecule has 1 aromatic rings. The van der Waals surface area contributed by atoms with Gasteiger partial charge in [0.05, 0.1) is 6.61 Å². The molecule has 0 aliphatic rings. The largest absolute Gasteiger partial charge is 0.494 e. The predicted molar refractivity (Wildman–Crippen MR) is 68.6 cm³/mol. The summed E-state index contributed by atoms with van der Waals surface area (Å²) < 4.78 is 5.54. The van der Waals surface area contributed by atoms with E-state index in [1.165, 1.54) is 0 Å². The highest BCUT2D eigenvalue weighted by molar-refractivity contribution is 5.31. The van der Waals surface area contributed by atoms with Crippen molar-refractivity contribution < 1.29 is 4.74 Å². The van der Waals surface area contributed by atoms with Crippen LogP contribution in [0, 0.1) is 5.92 Å². The lowest BCUT2D eigenvalue weighted by atomic mass is 9.83. The van der Waals surface area contributed by atoms with Crippen LogP contribution < -0.4 is 10.5 Å². The Bertz CT molecular complexity index is 314. The van der Waals surface area contributed by atoms with Crippen LogP contribution in [-0.4, -0.2) is 6.61 Å². The highest BCUT2D eigenvalue weighted by Gasteiger charge is 2.24. The lowest BCUT2D eigenvalue weighted by Crippen LogP contribution is -2.38. The van der Waals surface area contributed by atoms with Crippen LogP contribution in [0.3, 0.4) is 0 Å². The van der Waals surface area contributed by atoms with Crippen molar-refractivity contribution >= 4 is 0 Å². The highest BCUT2D eigenvalue weighted by Crippen LogP contribution is 2.27. The fourth-order valence-corrected chi connectivity index (χ4v) is 1.46. The van der Waals surface area contributed by atoms with Gasteiger partial charge in [-0.15, -0.1) is 0 Å². The Balaban J connectivity index is 2.78. The monoisotopic (exact) mass is 221 g/mol. The maximum atomic E-state index is 6.29. The lowest BCUT2D eigenvalue weighted by molar-refractivity contribution is 0.316. The van der Waals surface area contributed by atoms with Gasteiger partial charge in [-0.1, -0.05) is 32.9 Å². The second-order valence-corrected chi connectivity index (χ2v) is 4.81. The Morgan fingerprint density at radius 3 is 2.25 bits per heavy atom. The Kier molecular flexibility index (Phi) is 4.36. The molecule has 2 heteroatoms. The van der Waals surface area contributed by atoms with Gasteiger partial charge >= 0.3 is 0 Å². The summed E-state index contributed by atoms with van der Waals surface area (Å²) in [6.45, 7) is 9.22. The van der Waals surface area contributed by atoms with Crippen LogP contribution >= 0.6 is 0 Å². The van der Waals surface area contributed by atoms with Gasteiger partial charge in [0, 0.05) is 5.54 Å². The van der Waals surface area contributed by atoms with Crippen LogP contribution in [-0.2, 0) is 5.54 Å². The standard InChI is InChI=1S/C14H23NO/c1-5-10-16-13-8-6-12(7-9-13)14(4,15)11(2)3/h6-9,11H,5,10,15H2,1-4H3. The van der Waals surface area contributed by atoms with Crippen molar-refractivity contribution in [1.29, 1.82) is 0 Å². The minimum absolute atomic E-state index is 0.275. The molecule has 2 nitrogen and oxygen atoms in total. The first-order chi connectivity index (χ1) is 7.48. The number of ether oxygens (including phenoxy) is 1. The van der Waals surface area contributed by atoms with Gasteiger partial charge in [0.1, 0.15) is 5.75 Å². The molecule has 0 amide bonds. The third-order valence-corrected chi connectivity index (χ3v) is 3.15. The summed E-state index contributed by atoms with van der Waals surface area (Å²) in [6.07, 6.45) is 1.03. The van der Waals surface area contributed by atoms with E-state index in [2.05, 4.69) is 39.8 Å². The van der Waals surface area contributed by atoms with Gasteiger partial charge in [-0.2, -0.15) is 0 Å². The summed E-state index contributed by atoms with van der Waals surface area (Å²) >= 11 is 0. The van der Waals surface area contributed by atoms with Crippen molar-refractivity contribution in [3.8, 4) is 5.75 Å². The number of nitrogens with two attached hydrogens (primary N) is 1. The molecular weight excluding hydrogens is 198 g/mol. The Labute approximate surface area is 98.8 Å². The molecule has 0 bridgehead atoms. The van der Waals surface area contributed by atoms with Crippen LogP contribution in [0.4, 0.5) is 0 Å². The highest BCUT2D eigenvalue weighted by atomic mass is 16.5. The van der Waals surface area contributed by atoms with E-state index in [1.54, 1.807) is 0 Å². The first-order valence-corrected chi connectivity index (χ1v) is 6.00. The van der Waals surface area contributed by atoms with E-state index in [-0.39, 0.29) is 5.54 Å². The van der Waals surface area contributed by atoms with E-state index in [9.17, 15) is 0 Å². The molecule has 1 atom stereocenters. The summed E-state index contributed by atoms with van der Waals surface area (Å²) in [5.41, 5.74) is 7.17. The molecular formula is C14H23NO. The second-order valence-electron chi connectivity index (χ2n) is 4.81. The van der Waals surface area contributed by atoms with Gasteiger partial charge in [0.25, 0.3) is 0 Å². The number of benzene rings is 1. The molecule has 1 aromatic carbocycles. The van der Waals surface area contributed by atoms with E-state index in [0.717, 1.165) is 24.3 Å². The first-order valence-electron chi connectivity index (χ1n) is 6.00. The average molecular weight is 221 g/mol. The molecule has 0 aliphatic heterocycles. The molecule has 0 saturated heterocycles. The molecule has 0 fully saturated rings. The fourth-order valence-electron chi connectivity index (χ4n) is 1.46. The van der Waals surface area contributed by atoms with Gasteiger partial charge in [-0.05, 0) is 37.0 Å². The number of hydrogen-bond donors (Lipinski definition) is 1. The van der Waals surface area contributed by atoms with Gasteiger partial charge < -0.3 is 10.5 Å². The number of rotatable bonds is 5. The minimum atomic E-state index is -0.275. The lowest BCUT2D eigenvalue weighted by Gasteiger charge is -2.29. The Morgan fingerprint density at radius 1 is 1.25 bits per heavy atom. The van der Waals surface area contributed by atoms with Crippen molar-refractivity contribution in [2.45, 2.75) is 39.7 Å². The summed E-state index contributed by atoms with van der Waals surface area (Å²) in [7, 11) is 0. The van der Waals surface area contributed by atoms with Gasteiger partial charge in [0.2, 0.25) is 0 Å². The topological polar surface area (TPSA) is 35.2 Å². The third-order valence-electron chi connectivity index (χ3n) is 3.15. The Morgan fingerprint density at radius 2 is 1.81 bits per heavy atom. The van der Waals surface area contributed by atoms with E-state index >= 15 is 0 Å². The fraction of sp³-hybridized carbons (Fsp3) is 0.571. The Hall–Kier alpha value is -1.02. The maximum absolute atomic E-state index is 6.29. The zero-order chi connectivity index (χ0) is 12.2. The van der Waals surface area contributed by atoms with E-state index in [0.29, 0.717) is 5.92 Å². The molecule has 0 radical (unpaired) electrons. The maximum Gasteiger partial charge on any atom is 0.119 e. The van der Waals surface area contributed by atoms with Crippen molar-refractivity contribution in [2.75, 3.05) is 6.61 Å². The van der Waals surface area contributed by atoms with Gasteiger partial charge in [-0.25, -0.2) is 0 Å². The van der Waals surface area contributed by atoms with Crippen molar-refractivity contribution in [3.05, 3.63) is 29.8 Å². The molecule has 0 heterocycles. The van der Waals surface area contributed by atoms with Crippen molar-refractivity contribution in [3.63, 3.8) is 0 Å². The van der Waals surface area contributed by atoms with E-state index in [4.69, 9.17) is 10.5 Å². The summed E-state index contributed by atoms with van der Waals surface area (Å²) in [5.74, 6) is 1.33. The first kappa shape index (κ1) is 13.0. The molecule has 1 unspecified atom stereocenters. The van der Waals surface area contributed by atoms with Crippen LogP contribution in [0.2, 0.25) is 0 Å².